The Balaban J connectivity index is 1.33. The predicted molar refractivity (Wildman–Crippen MR) is 198 cm³/mol. The van der Waals surface area contributed by atoms with Crippen molar-refractivity contribution in [3.63, 3.8) is 0 Å². The lowest BCUT2D eigenvalue weighted by molar-refractivity contribution is 1.15. The molecule has 0 spiro atoms. The molecule has 0 N–H and O–H groups in total. The van der Waals surface area contributed by atoms with Crippen LogP contribution >= 0.6 is 0 Å². The molecule has 0 atom stereocenters. The van der Waals surface area contributed by atoms with Gasteiger partial charge in [-0.1, -0.05) is 91.0 Å². The molecule has 6 aromatic carbocycles. The Bertz CT molecular complexity index is 2650. The Morgan fingerprint density at radius 3 is 1.79 bits per heavy atom. The Morgan fingerprint density at radius 1 is 0.375 bits per heavy atom. The Morgan fingerprint density at radius 2 is 1.04 bits per heavy atom. The number of aromatic nitrogens is 3. The third-order valence-corrected chi connectivity index (χ3v) is 9.71. The van der Waals surface area contributed by atoms with Gasteiger partial charge in [0.15, 0.2) is 0 Å². The van der Waals surface area contributed by atoms with E-state index in [0.29, 0.717) is 0 Å². The summed E-state index contributed by atoms with van der Waals surface area (Å²) in [5.74, 6) is 0. The van der Waals surface area contributed by atoms with Crippen LogP contribution in [0.5, 0.6) is 0 Å². The highest BCUT2D eigenvalue weighted by molar-refractivity contribution is 6.21. The second-order valence-electron chi connectivity index (χ2n) is 12.3. The number of hydrogen-bond acceptors (Lipinski definition) is 3. The van der Waals surface area contributed by atoms with E-state index in [-0.39, 0.29) is 0 Å². The van der Waals surface area contributed by atoms with Gasteiger partial charge in [0.05, 0.1) is 22.4 Å². The number of hydrogen-bond donors (Lipinski definition) is 0. The first-order chi connectivity index (χ1) is 23.8. The van der Waals surface area contributed by atoms with Crippen LogP contribution in [-0.2, 0) is 0 Å². The van der Waals surface area contributed by atoms with Crippen molar-refractivity contribution in [1.29, 1.82) is 0 Å². The summed E-state index contributed by atoms with van der Waals surface area (Å²) in [4.78, 5) is 11.1. The van der Waals surface area contributed by atoms with Crippen LogP contribution in [0.15, 0.2) is 170 Å². The summed E-state index contributed by atoms with van der Waals surface area (Å²) in [6.45, 7) is 0. The number of anilines is 3. The minimum atomic E-state index is 1.08. The molecular formula is C44H28N4. The molecule has 0 bridgehead atoms. The smallest absolute Gasteiger partial charge is 0.0562 e. The fourth-order valence-electron chi connectivity index (χ4n) is 7.61. The molecule has 1 aliphatic rings. The van der Waals surface area contributed by atoms with Gasteiger partial charge < -0.3 is 9.47 Å². The van der Waals surface area contributed by atoms with Gasteiger partial charge in [0.2, 0.25) is 0 Å². The molecule has 0 saturated heterocycles. The molecule has 3 aromatic heterocycles. The predicted octanol–water partition coefficient (Wildman–Crippen LogP) is 11.5. The van der Waals surface area contributed by atoms with Crippen LogP contribution in [0.2, 0.25) is 0 Å². The van der Waals surface area contributed by atoms with Crippen molar-refractivity contribution in [2.24, 2.45) is 0 Å². The Kier molecular flexibility index (Phi) is 5.84. The first kappa shape index (κ1) is 26.7. The molecule has 0 aliphatic carbocycles. The average Bonchev–Trinajstić information content (AvgIpc) is 3.48. The highest BCUT2D eigenvalue weighted by Crippen LogP contribution is 2.54. The van der Waals surface area contributed by atoms with Crippen molar-refractivity contribution in [2.75, 3.05) is 4.90 Å². The average molecular weight is 613 g/mol. The van der Waals surface area contributed by atoms with E-state index in [1.54, 1.807) is 0 Å². The zero-order valence-electron chi connectivity index (χ0n) is 26.0. The minimum Gasteiger partial charge on any atom is -0.309 e. The van der Waals surface area contributed by atoms with Crippen LogP contribution in [-0.4, -0.2) is 14.5 Å². The van der Waals surface area contributed by atoms with E-state index in [1.807, 2.05) is 24.8 Å². The summed E-state index contributed by atoms with van der Waals surface area (Å²) < 4.78 is 2.38. The highest BCUT2D eigenvalue weighted by atomic mass is 15.2. The summed E-state index contributed by atoms with van der Waals surface area (Å²) in [6.07, 6.45) is 7.49. The van der Waals surface area contributed by atoms with E-state index < -0.39 is 0 Å². The lowest BCUT2D eigenvalue weighted by Gasteiger charge is -2.34. The standard InChI is InChI=1S/C44H28N4/c1-3-8-29(9-4-1)31-14-17-40-37(26-31)39-27-38-36-16-15-34(30-10-5-2-6-11-30)35-12-7-13-41(44(35)36)48(33-20-24-46-25-21-33)42(38)28-43(39)47(40)32-18-22-45-23-19-32/h1-28H. The van der Waals surface area contributed by atoms with Gasteiger partial charge in [-0.25, -0.2) is 0 Å². The van der Waals surface area contributed by atoms with Gasteiger partial charge in [0, 0.05) is 57.9 Å². The van der Waals surface area contributed by atoms with Crippen molar-refractivity contribution in [2.45, 2.75) is 0 Å². The van der Waals surface area contributed by atoms with Gasteiger partial charge >= 0.3 is 0 Å². The highest BCUT2D eigenvalue weighted by Gasteiger charge is 2.29. The van der Waals surface area contributed by atoms with Crippen LogP contribution < -0.4 is 4.90 Å². The second-order valence-corrected chi connectivity index (χ2v) is 12.3. The van der Waals surface area contributed by atoms with E-state index in [0.717, 1.165) is 33.8 Å². The van der Waals surface area contributed by atoms with Gasteiger partial charge in [-0.15, -0.1) is 0 Å². The van der Waals surface area contributed by atoms with Crippen LogP contribution in [0.4, 0.5) is 17.1 Å². The number of pyridine rings is 2. The molecule has 0 radical (unpaired) electrons. The molecule has 224 valence electrons. The van der Waals surface area contributed by atoms with Crippen molar-refractivity contribution in [3.05, 3.63) is 170 Å². The molecule has 0 saturated carbocycles. The summed E-state index contributed by atoms with van der Waals surface area (Å²) in [6, 6.07) is 52.7. The molecule has 4 nitrogen and oxygen atoms in total. The van der Waals surface area contributed by atoms with E-state index in [9.17, 15) is 0 Å². The van der Waals surface area contributed by atoms with Crippen LogP contribution in [0.25, 0.3) is 71.6 Å². The molecule has 4 heteroatoms. The van der Waals surface area contributed by atoms with E-state index in [4.69, 9.17) is 0 Å². The molecule has 1 aliphatic heterocycles. The second kappa shape index (κ2) is 10.5. The molecular weight excluding hydrogens is 585 g/mol. The zero-order chi connectivity index (χ0) is 31.6. The van der Waals surface area contributed by atoms with Gasteiger partial charge in [-0.3, -0.25) is 9.97 Å². The van der Waals surface area contributed by atoms with Gasteiger partial charge in [-0.05, 0) is 87.8 Å². The van der Waals surface area contributed by atoms with Crippen LogP contribution in [0.3, 0.4) is 0 Å². The van der Waals surface area contributed by atoms with Crippen molar-refractivity contribution in [3.8, 4) is 39.1 Å². The normalized spacial score (nSPS) is 12.1. The van der Waals surface area contributed by atoms with Crippen molar-refractivity contribution >= 4 is 49.6 Å². The SMILES string of the molecule is c1ccc(-c2ccc3c(c2)c2cc4c(cc2n3-c2ccncc2)N(c2ccncc2)c2cccc3c(-c5ccccc5)ccc-4c23)cc1. The van der Waals surface area contributed by atoms with E-state index in [2.05, 4.69) is 165 Å². The third kappa shape index (κ3) is 3.96. The van der Waals surface area contributed by atoms with Gasteiger partial charge in [-0.2, -0.15) is 0 Å². The first-order valence-corrected chi connectivity index (χ1v) is 16.2. The summed E-state index contributed by atoms with van der Waals surface area (Å²) >= 11 is 0. The number of nitrogens with zero attached hydrogens (tertiary/aromatic N) is 4. The maximum Gasteiger partial charge on any atom is 0.0562 e. The summed E-state index contributed by atoms with van der Waals surface area (Å²) in [5, 5.41) is 4.93. The van der Waals surface area contributed by atoms with Crippen LogP contribution in [0.1, 0.15) is 0 Å². The molecule has 48 heavy (non-hydrogen) atoms. The molecule has 0 unspecified atom stereocenters. The topological polar surface area (TPSA) is 34.0 Å². The minimum absolute atomic E-state index is 1.08. The number of fused-ring (bicyclic) bond motifs is 5. The fraction of sp³-hybridized carbons (Fsp3) is 0. The van der Waals surface area contributed by atoms with Crippen molar-refractivity contribution < 1.29 is 0 Å². The van der Waals surface area contributed by atoms with Gasteiger partial charge in [0.25, 0.3) is 0 Å². The lowest BCUT2D eigenvalue weighted by Crippen LogP contribution is -2.15. The van der Waals surface area contributed by atoms with Gasteiger partial charge in [0.1, 0.15) is 0 Å². The molecule has 0 fully saturated rings. The largest absolute Gasteiger partial charge is 0.309 e. The molecule has 10 rings (SSSR count). The maximum absolute atomic E-state index is 4.37. The van der Waals surface area contributed by atoms with E-state index in [1.165, 1.54) is 54.9 Å². The maximum atomic E-state index is 4.37. The lowest BCUT2D eigenvalue weighted by atomic mass is 9.86. The molecule has 9 aromatic rings. The molecule has 0 amide bonds. The Hall–Kier alpha value is -6.52. The fourth-order valence-corrected chi connectivity index (χ4v) is 7.61. The monoisotopic (exact) mass is 612 g/mol. The van der Waals surface area contributed by atoms with Crippen LogP contribution in [0, 0.1) is 0 Å². The molecule has 4 heterocycles. The number of rotatable bonds is 4. The third-order valence-electron chi connectivity index (χ3n) is 9.71. The summed E-state index contributed by atoms with van der Waals surface area (Å²) in [5.41, 5.74) is 14.1. The zero-order valence-corrected chi connectivity index (χ0v) is 26.0. The summed E-state index contributed by atoms with van der Waals surface area (Å²) in [7, 11) is 0. The Labute approximate surface area is 277 Å². The first-order valence-electron chi connectivity index (χ1n) is 16.2. The quantitative estimate of drug-likeness (QED) is 0.198. The van der Waals surface area contributed by atoms with Crippen molar-refractivity contribution in [1.82, 2.24) is 14.5 Å². The van der Waals surface area contributed by atoms with E-state index >= 15 is 0 Å². The number of benzene rings is 6.